The van der Waals surface area contributed by atoms with Crippen molar-refractivity contribution in [1.82, 2.24) is 0 Å². The van der Waals surface area contributed by atoms with E-state index in [2.05, 4.69) is 0 Å². The van der Waals surface area contributed by atoms with Gasteiger partial charge in [0.2, 0.25) is 0 Å². The molecule has 0 radical (unpaired) electrons. The quantitative estimate of drug-likeness (QED) is 0.471. The Balaban J connectivity index is 2.18. The van der Waals surface area contributed by atoms with Crippen molar-refractivity contribution in [3.05, 3.63) is 47.5 Å². The van der Waals surface area contributed by atoms with Gasteiger partial charge in [0.1, 0.15) is 0 Å². The average molecular weight is 390 g/mol. The lowest BCUT2D eigenvalue weighted by Gasteiger charge is -2.26. The minimum absolute atomic E-state index is 0.00891. The largest absolute Gasteiger partial charge is 0.504 e. The number of aromatic hydroxyl groups is 2. The Kier molecular flexibility index (Phi) is 8.42. The number of aliphatic hydroxyl groups is 2. The molecule has 0 aliphatic heterocycles. The molecule has 6 heteroatoms. The van der Waals surface area contributed by atoms with Gasteiger partial charge in [0.15, 0.2) is 23.0 Å². The molecule has 0 aliphatic rings. The van der Waals surface area contributed by atoms with E-state index in [-0.39, 0.29) is 36.5 Å². The number of methoxy groups -OCH3 is 2. The fourth-order valence-corrected chi connectivity index (χ4v) is 3.57. The first-order valence-corrected chi connectivity index (χ1v) is 9.45. The summed E-state index contributed by atoms with van der Waals surface area (Å²) in [5.41, 5.74) is 1.85. The third-order valence-electron chi connectivity index (χ3n) is 5.12. The van der Waals surface area contributed by atoms with Gasteiger partial charge in [-0.1, -0.05) is 12.1 Å². The third kappa shape index (κ3) is 5.78. The molecule has 0 saturated heterocycles. The maximum absolute atomic E-state index is 10.0. The Morgan fingerprint density at radius 3 is 1.68 bits per heavy atom. The second-order valence-corrected chi connectivity index (χ2v) is 6.99. The van der Waals surface area contributed by atoms with E-state index < -0.39 is 0 Å². The van der Waals surface area contributed by atoms with Crippen LogP contribution in [-0.2, 0) is 12.8 Å². The summed E-state index contributed by atoms with van der Waals surface area (Å²) in [6, 6.07) is 10.6. The van der Waals surface area contributed by atoms with Gasteiger partial charge in [0, 0.05) is 13.2 Å². The van der Waals surface area contributed by atoms with Crippen LogP contribution >= 0.6 is 0 Å². The van der Waals surface area contributed by atoms with E-state index in [1.807, 2.05) is 12.1 Å². The van der Waals surface area contributed by atoms with Gasteiger partial charge in [0.05, 0.1) is 14.2 Å². The smallest absolute Gasteiger partial charge is 0.160 e. The lowest BCUT2D eigenvalue weighted by molar-refractivity contribution is 0.158. The van der Waals surface area contributed by atoms with E-state index in [4.69, 9.17) is 9.47 Å². The molecular weight excluding hydrogens is 360 g/mol. The molecule has 2 aromatic carbocycles. The van der Waals surface area contributed by atoms with Gasteiger partial charge in [-0.15, -0.1) is 0 Å². The van der Waals surface area contributed by atoms with E-state index in [1.54, 1.807) is 24.3 Å². The zero-order valence-corrected chi connectivity index (χ0v) is 16.5. The molecule has 28 heavy (non-hydrogen) atoms. The Hall–Kier alpha value is -2.44. The van der Waals surface area contributed by atoms with E-state index in [1.165, 1.54) is 14.2 Å². The van der Waals surface area contributed by atoms with Gasteiger partial charge in [-0.05, 0) is 72.9 Å². The van der Waals surface area contributed by atoms with Crippen molar-refractivity contribution in [2.75, 3.05) is 27.4 Å². The van der Waals surface area contributed by atoms with Crippen LogP contribution in [0.2, 0.25) is 0 Å². The van der Waals surface area contributed by atoms with Crippen LogP contribution in [0.4, 0.5) is 0 Å². The van der Waals surface area contributed by atoms with Crippen LogP contribution in [0, 0.1) is 11.8 Å². The summed E-state index contributed by atoms with van der Waals surface area (Å²) in [5, 5.41) is 39.3. The number of aliphatic hydroxyl groups excluding tert-OH is 2. The molecule has 0 fully saturated rings. The molecule has 0 heterocycles. The van der Waals surface area contributed by atoms with Crippen LogP contribution < -0.4 is 9.47 Å². The van der Waals surface area contributed by atoms with Gasteiger partial charge in [-0.3, -0.25) is 0 Å². The van der Waals surface area contributed by atoms with E-state index in [0.717, 1.165) is 17.5 Å². The van der Waals surface area contributed by atoms with E-state index >= 15 is 0 Å². The predicted molar refractivity (Wildman–Crippen MR) is 107 cm³/mol. The summed E-state index contributed by atoms with van der Waals surface area (Å²) in [4.78, 5) is 0. The van der Waals surface area contributed by atoms with Crippen LogP contribution in [0.25, 0.3) is 0 Å². The average Bonchev–Trinajstić information content (AvgIpc) is 2.69. The lowest BCUT2D eigenvalue weighted by atomic mass is 9.80. The summed E-state index contributed by atoms with van der Waals surface area (Å²) in [5.74, 6) is 1.04. The fourth-order valence-electron chi connectivity index (χ4n) is 3.57. The SMILES string of the molecule is COc1ccc(C[C@H](CO)[C@@H](CCCO)Cc2ccc(OC)c(O)c2)cc1O. The second kappa shape index (κ2) is 10.8. The van der Waals surface area contributed by atoms with Crippen molar-refractivity contribution in [3.63, 3.8) is 0 Å². The molecule has 0 unspecified atom stereocenters. The van der Waals surface area contributed by atoms with Gasteiger partial charge >= 0.3 is 0 Å². The molecule has 2 aromatic rings. The predicted octanol–water partition coefficient (Wildman–Crippen LogP) is 2.90. The molecule has 154 valence electrons. The molecule has 6 nitrogen and oxygen atoms in total. The van der Waals surface area contributed by atoms with Gasteiger partial charge < -0.3 is 29.9 Å². The zero-order valence-electron chi connectivity index (χ0n) is 16.5. The second-order valence-electron chi connectivity index (χ2n) is 6.99. The zero-order chi connectivity index (χ0) is 20.5. The number of phenols is 2. The third-order valence-corrected chi connectivity index (χ3v) is 5.12. The highest BCUT2D eigenvalue weighted by molar-refractivity contribution is 5.42. The Morgan fingerprint density at radius 1 is 0.786 bits per heavy atom. The molecule has 0 saturated carbocycles. The summed E-state index contributed by atoms with van der Waals surface area (Å²) < 4.78 is 10.2. The Labute approximate surface area is 166 Å². The molecule has 0 spiro atoms. The summed E-state index contributed by atoms with van der Waals surface area (Å²) in [6.45, 7) is 0.0802. The highest BCUT2D eigenvalue weighted by Crippen LogP contribution is 2.32. The van der Waals surface area contributed by atoms with Crippen molar-refractivity contribution < 1.29 is 29.9 Å². The molecule has 0 aliphatic carbocycles. The molecular formula is C22H30O6. The molecule has 0 aromatic heterocycles. The summed E-state index contributed by atoms with van der Waals surface area (Å²) in [6.07, 6.45) is 2.63. The first-order valence-electron chi connectivity index (χ1n) is 9.45. The normalized spacial score (nSPS) is 13.1. The van der Waals surface area contributed by atoms with Crippen molar-refractivity contribution in [3.8, 4) is 23.0 Å². The molecule has 0 bridgehead atoms. The van der Waals surface area contributed by atoms with Crippen LogP contribution in [0.3, 0.4) is 0 Å². The van der Waals surface area contributed by atoms with Gasteiger partial charge in [0.25, 0.3) is 0 Å². The Bertz CT molecular complexity index is 746. The van der Waals surface area contributed by atoms with Crippen LogP contribution in [0.15, 0.2) is 36.4 Å². The summed E-state index contributed by atoms with van der Waals surface area (Å²) >= 11 is 0. The highest BCUT2D eigenvalue weighted by atomic mass is 16.5. The number of phenolic OH excluding ortho intramolecular Hbond substituents is 2. The maximum Gasteiger partial charge on any atom is 0.160 e. The number of ether oxygens (including phenoxy) is 2. The van der Waals surface area contributed by atoms with E-state index in [9.17, 15) is 20.4 Å². The lowest BCUT2D eigenvalue weighted by Crippen LogP contribution is -2.23. The Morgan fingerprint density at radius 2 is 1.29 bits per heavy atom. The van der Waals surface area contributed by atoms with Crippen LogP contribution in [0.1, 0.15) is 24.0 Å². The highest BCUT2D eigenvalue weighted by Gasteiger charge is 2.22. The minimum Gasteiger partial charge on any atom is -0.504 e. The fraction of sp³-hybridized carbons (Fsp3) is 0.455. The van der Waals surface area contributed by atoms with Crippen molar-refractivity contribution in [2.45, 2.75) is 25.7 Å². The topological polar surface area (TPSA) is 99.4 Å². The van der Waals surface area contributed by atoms with Crippen LogP contribution in [0.5, 0.6) is 23.0 Å². The van der Waals surface area contributed by atoms with E-state index in [0.29, 0.717) is 30.8 Å². The van der Waals surface area contributed by atoms with Gasteiger partial charge in [-0.25, -0.2) is 0 Å². The summed E-state index contributed by atoms with van der Waals surface area (Å²) in [7, 11) is 3.01. The first kappa shape index (κ1) is 21.9. The number of benzene rings is 2. The van der Waals surface area contributed by atoms with Crippen molar-refractivity contribution >= 4 is 0 Å². The number of hydrogen-bond acceptors (Lipinski definition) is 6. The monoisotopic (exact) mass is 390 g/mol. The molecule has 4 N–H and O–H groups in total. The molecule has 2 atom stereocenters. The van der Waals surface area contributed by atoms with Crippen molar-refractivity contribution in [1.29, 1.82) is 0 Å². The number of rotatable bonds is 11. The molecule has 0 amide bonds. The standard InChI is InChI=1S/C22H30O6/c1-27-21-7-5-15(12-19(21)25)10-17(4-3-9-23)18(14-24)11-16-6-8-22(28-2)20(26)13-16/h5-8,12-13,17-18,23-26H,3-4,9-11,14H2,1-2H3/t17-,18+/m0/s1. The minimum atomic E-state index is -0.0522. The van der Waals surface area contributed by atoms with Gasteiger partial charge in [-0.2, -0.15) is 0 Å². The molecule has 2 rings (SSSR count). The number of hydrogen-bond donors (Lipinski definition) is 4. The first-order chi connectivity index (χ1) is 13.5. The van der Waals surface area contributed by atoms with Crippen LogP contribution in [-0.4, -0.2) is 47.9 Å². The maximum atomic E-state index is 10.0. The van der Waals surface area contributed by atoms with Crippen molar-refractivity contribution in [2.24, 2.45) is 11.8 Å².